The summed E-state index contributed by atoms with van der Waals surface area (Å²) in [5.41, 5.74) is 1.56. The van der Waals surface area contributed by atoms with Gasteiger partial charge in [0.05, 0.1) is 31.7 Å². The molecular weight excluding hydrogens is 406 g/mol. The molecule has 0 saturated heterocycles. The van der Waals surface area contributed by atoms with Crippen molar-refractivity contribution < 1.29 is 22.7 Å². The quantitative estimate of drug-likeness (QED) is 0.621. The summed E-state index contributed by atoms with van der Waals surface area (Å²) in [7, 11) is 0.775. The maximum Gasteiger partial charge on any atom is 0.337 e. The van der Waals surface area contributed by atoms with Gasteiger partial charge in [-0.15, -0.1) is 0 Å². The SMILES string of the molecule is COC(=O)c1ccc(OC)c(CN(C2CCCCC2)S(=O)(=O)c2cnn(C)c2C)c1. The molecule has 0 N–H and O–H groups in total. The zero-order valence-corrected chi connectivity index (χ0v) is 18.7. The summed E-state index contributed by atoms with van der Waals surface area (Å²) in [6, 6.07) is 4.81. The highest BCUT2D eigenvalue weighted by molar-refractivity contribution is 7.89. The molecule has 9 heteroatoms. The number of carbonyl (C=O) groups excluding carboxylic acids is 1. The lowest BCUT2D eigenvalue weighted by Crippen LogP contribution is -2.41. The Kier molecular flexibility index (Phi) is 6.82. The smallest absolute Gasteiger partial charge is 0.337 e. The third kappa shape index (κ3) is 4.37. The number of aryl methyl sites for hydroxylation is 1. The summed E-state index contributed by atoms with van der Waals surface area (Å²) >= 11 is 0. The molecule has 0 unspecified atom stereocenters. The molecular formula is C21H29N3O5S. The molecule has 3 rings (SSSR count). The van der Waals surface area contributed by atoms with Crippen LogP contribution in [0, 0.1) is 6.92 Å². The lowest BCUT2D eigenvalue weighted by Gasteiger charge is -2.33. The first-order valence-corrected chi connectivity index (χ1v) is 11.5. The normalized spacial score (nSPS) is 15.4. The van der Waals surface area contributed by atoms with E-state index in [-0.39, 0.29) is 17.5 Å². The number of carbonyl (C=O) groups is 1. The molecule has 0 aliphatic heterocycles. The third-order valence-corrected chi connectivity index (χ3v) is 7.79. The minimum absolute atomic E-state index is 0.106. The first kappa shape index (κ1) is 22.3. The Morgan fingerprint density at radius 1 is 1.23 bits per heavy atom. The van der Waals surface area contributed by atoms with Gasteiger partial charge >= 0.3 is 5.97 Å². The Bertz CT molecular complexity index is 1010. The summed E-state index contributed by atoms with van der Waals surface area (Å²) in [6.07, 6.45) is 6.10. The number of nitrogens with zero attached hydrogens (tertiary/aromatic N) is 3. The number of aromatic nitrogens is 2. The average Bonchev–Trinajstić information content (AvgIpc) is 3.10. The van der Waals surface area contributed by atoms with Crippen LogP contribution in [0.4, 0.5) is 0 Å². The van der Waals surface area contributed by atoms with E-state index >= 15 is 0 Å². The van der Waals surface area contributed by atoms with Crippen LogP contribution in [0.25, 0.3) is 0 Å². The van der Waals surface area contributed by atoms with Crippen LogP contribution < -0.4 is 4.74 Å². The highest BCUT2D eigenvalue weighted by Crippen LogP contribution is 2.32. The number of methoxy groups -OCH3 is 2. The van der Waals surface area contributed by atoms with Crippen molar-refractivity contribution in [2.24, 2.45) is 7.05 Å². The Morgan fingerprint density at radius 2 is 1.93 bits per heavy atom. The lowest BCUT2D eigenvalue weighted by molar-refractivity contribution is 0.0600. The van der Waals surface area contributed by atoms with Gasteiger partial charge in [0.15, 0.2) is 0 Å². The van der Waals surface area contributed by atoms with Crippen LogP contribution in [0.1, 0.15) is 53.7 Å². The summed E-state index contributed by atoms with van der Waals surface area (Å²) in [5, 5.41) is 4.12. The van der Waals surface area contributed by atoms with Crippen LogP contribution in [-0.4, -0.2) is 48.7 Å². The highest BCUT2D eigenvalue weighted by Gasteiger charge is 2.35. The van der Waals surface area contributed by atoms with Crippen LogP contribution in [0.3, 0.4) is 0 Å². The van der Waals surface area contributed by atoms with E-state index in [1.165, 1.54) is 20.4 Å². The van der Waals surface area contributed by atoms with Crippen LogP contribution in [0.5, 0.6) is 5.75 Å². The van der Waals surface area contributed by atoms with Crippen molar-refractivity contribution in [2.75, 3.05) is 14.2 Å². The first-order chi connectivity index (χ1) is 14.3. The molecule has 0 bridgehead atoms. The van der Waals surface area contributed by atoms with Gasteiger partial charge in [-0.3, -0.25) is 4.68 Å². The van der Waals surface area contributed by atoms with E-state index in [0.717, 1.165) is 32.1 Å². The first-order valence-electron chi connectivity index (χ1n) is 10.0. The Hall–Kier alpha value is -2.39. The third-order valence-electron chi connectivity index (χ3n) is 5.79. The number of ether oxygens (including phenoxy) is 2. The van der Waals surface area contributed by atoms with Crippen molar-refractivity contribution in [3.63, 3.8) is 0 Å². The van der Waals surface area contributed by atoms with E-state index in [4.69, 9.17) is 9.47 Å². The maximum atomic E-state index is 13.7. The van der Waals surface area contributed by atoms with E-state index in [0.29, 0.717) is 22.6 Å². The molecule has 164 valence electrons. The van der Waals surface area contributed by atoms with Crippen molar-refractivity contribution >= 4 is 16.0 Å². The second-order valence-electron chi connectivity index (χ2n) is 7.58. The van der Waals surface area contributed by atoms with E-state index in [1.54, 1.807) is 41.2 Å². The van der Waals surface area contributed by atoms with Crippen molar-refractivity contribution in [2.45, 2.75) is 56.5 Å². The minimum atomic E-state index is -3.79. The Balaban J connectivity index is 2.06. The standard InChI is InChI=1S/C21H29N3O5S/c1-15-20(13-22-23(15)2)30(26,27)24(18-8-6-5-7-9-18)14-17-12-16(21(25)29-4)10-11-19(17)28-3/h10-13,18H,5-9,14H2,1-4H3. The molecule has 1 aliphatic rings. The van der Waals surface area contributed by atoms with Crippen LogP contribution in [0.15, 0.2) is 29.3 Å². The number of sulfonamides is 1. The molecule has 1 aliphatic carbocycles. The molecule has 8 nitrogen and oxygen atoms in total. The average molecular weight is 436 g/mol. The second-order valence-corrected chi connectivity index (χ2v) is 9.44. The van der Waals surface area contributed by atoms with Crippen molar-refractivity contribution in [3.8, 4) is 5.75 Å². The predicted octanol–water partition coefficient (Wildman–Crippen LogP) is 3.05. The molecule has 30 heavy (non-hydrogen) atoms. The molecule has 1 aromatic heterocycles. The number of hydrogen-bond acceptors (Lipinski definition) is 6. The molecule has 1 aromatic carbocycles. The number of esters is 1. The van der Waals surface area contributed by atoms with E-state index in [1.807, 2.05) is 0 Å². The molecule has 1 heterocycles. The van der Waals surface area contributed by atoms with Gasteiger partial charge in [-0.1, -0.05) is 19.3 Å². The van der Waals surface area contributed by atoms with Gasteiger partial charge in [0.25, 0.3) is 0 Å². The molecule has 0 radical (unpaired) electrons. The van der Waals surface area contributed by atoms with E-state index in [2.05, 4.69) is 5.10 Å². The fourth-order valence-electron chi connectivity index (χ4n) is 3.95. The van der Waals surface area contributed by atoms with Gasteiger partial charge < -0.3 is 9.47 Å². The van der Waals surface area contributed by atoms with Gasteiger partial charge in [0.2, 0.25) is 10.0 Å². The zero-order valence-electron chi connectivity index (χ0n) is 17.9. The second kappa shape index (κ2) is 9.18. The van der Waals surface area contributed by atoms with Gasteiger partial charge in [-0.05, 0) is 38.0 Å². The Labute approximate surface area is 177 Å². The van der Waals surface area contributed by atoms with E-state index in [9.17, 15) is 13.2 Å². The van der Waals surface area contributed by atoms with Crippen molar-refractivity contribution in [1.29, 1.82) is 0 Å². The molecule has 0 spiro atoms. The van der Waals surface area contributed by atoms with Crippen molar-refractivity contribution in [1.82, 2.24) is 14.1 Å². The largest absolute Gasteiger partial charge is 0.496 e. The lowest BCUT2D eigenvalue weighted by atomic mass is 9.95. The van der Waals surface area contributed by atoms with Gasteiger partial charge in [-0.25, -0.2) is 13.2 Å². The van der Waals surface area contributed by atoms with Gasteiger partial charge in [0.1, 0.15) is 10.6 Å². The minimum Gasteiger partial charge on any atom is -0.496 e. The van der Waals surface area contributed by atoms with Crippen LogP contribution >= 0.6 is 0 Å². The summed E-state index contributed by atoms with van der Waals surface area (Å²) in [6.45, 7) is 1.85. The van der Waals surface area contributed by atoms with Crippen molar-refractivity contribution in [3.05, 3.63) is 41.2 Å². The van der Waals surface area contributed by atoms with Gasteiger partial charge in [-0.2, -0.15) is 9.40 Å². The molecule has 2 aromatic rings. The fourth-order valence-corrected chi connectivity index (χ4v) is 5.80. The summed E-state index contributed by atoms with van der Waals surface area (Å²) in [5.74, 6) is 0.0515. The number of benzene rings is 1. The summed E-state index contributed by atoms with van der Waals surface area (Å²) in [4.78, 5) is 12.2. The molecule has 1 saturated carbocycles. The Morgan fingerprint density at radius 3 is 2.50 bits per heavy atom. The highest BCUT2D eigenvalue weighted by atomic mass is 32.2. The zero-order chi connectivity index (χ0) is 21.9. The van der Waals surface area contributed by atoms with E-state index < -0.39 is 16.0 Å². The van der Waals surface area contributed by atoms with Crippen LogP contribution in [0.2, 0.25) is 0 Å². The fraction of sp³-hybridized carbons (Fsp3) is 0.524. The maximum absolute atomic E-state index is 13.7. The topological polar surface area (TPSA) is 90.7 Å². The monoisotopic (exact) mass is 435 g/mol. The molecule has 0 atom stereocenters. The molecule has 0 amide bonds. The predicted molar refractivity (Wildman–Crippen MR) is 112 cm³/mol. The number of hydrogen-bond donors (Lipinski definition) is 0. The van der Waals surface area contributed by atoms with Crippen LogP contribution in [-0.2, 0) is 28.4 Å². The number of rotatable bonds is 7. The summed E-state index contributed by atoms with van der Waals surface area (Å²) < 4.78 is 40.8. The van der Waals surface area contributed by atoms with Gasteiger partial charge in [0, 0.05) is 25.2 Å². The molecule has 1 fully saturated rings.